The zero-order valence-electron chi connectivity index (χ0n) is 14.2. The van der Waals surface area contributed by atoms with E-state index in [1.165, 1.54) is 26.1 Å². The molecule has 1 heterocycles. The molecule has 1 aromatic heterocycles. The van der Waals surface area contributed by atoms with E-state index in [2.05, 4.69) is 31.8 Å². The van der Waals surface area contributed by atoms with Gasteiger partial charge >= 0.3 is 0 Å². The van der Waals surface area contributed by atoms with Gasteiger partial charge in [-0.1, -0.05) is 15.9 Å². The number of aryl methyl sites for hydroxylation is 1. The lowest BCUT2D eigenvalue weighted by Crippen LogP contribution is -2.32. The molecule has 0 bridgehead atoms. The van der Waals surface area contributed by atoms with E-state index in [0.717, 1.165) is 4.68 Å². The summed E-state index contributed by atoms with van der Waals surface area (Å²) in [6.45, 7) is 1.53. The molecule has 0 saturated heterocycles. The normalized spacial score (nSPS) is 10.7. The van der Waals surface area contributed by atoms with Crippen LogP contribution in [-0.4, -0.2) is 34.0 Å². The lowest BCUT2D eigenvalue weighted by molar-refractivity contribution is 0.0257. The molecule has 0 saturated carbocycles. The molecule has 0 fully saturated rings. The lowest BCUT2D eigenvalue weighted by Gasteiger charge is -2.15. The predicted octanol–water partition coefficient (Wildman–Crippen LogP) is 1.78. The van der Waals surface area contributed by atoms with Crippen molar-refractivity contribution in [3.8, 4) is 0 Å². The van der Waals surface area contributed by atoms with Gasteiger partial charge in [-0.05, 0) is 31.5 Å². The van der Waals surface area contributed by atoms with Crippen molar-refractivity contribution in [2.45, 2.75) is 13.3 Å². The molecule has 1 amide bonds. The Hall–Kier alpha value is -2.30. The first-order valence-electron chi connectivity index (χ1n) is 7.68. The number of rotatable bonds is 7. The molecule has 1 aromatic carbocycles. The van der Waals surface area contributed by atoms with Crippen molar-refractivity contribution < 1.29 is 19.1 Å². The number of nitrogens with zero attached hydrogens (tertiary/aromatic N) is 2. The Balaban J connectivity index is 2.38. The van der Waals surface area contributed by atoms with Crippen LogP contribution in [-0.2, 0) is 11.9 Å². The molecule has 26 heavy (non-hydrogen) atoms. The summed E-state index contributed by atoms with van der Waals surface area (Å²) >= 11 is 3.16. The predicted molar refractivity (Wildman–Crippen MR) is 96.7 cm³/mol. The number of aliphatic hydroxyl groups is 1. The van der Waals surface area contributed by atoms with Gasteiger partial charge in [0.1, 0.15) is 5.82 Å². The Morgan fingerprint density at radius 3 is 2.85 bits per heavy atom. The van der Waals surface area contributed by atoms with E-state index < -0.39 is 17.3 Å². The average molecular weight is 429 g/mol. The summed E-state index contributed by atoms with van der Waals surface area (Å²) in [6.07, 6.45) is 0.342. The standard InChI is InChI=1S/C16H18BrFN4O4/c1-9-13(19-12-5-4-10(17)8-11(12)18)14(20-22(2)16(9)25)15(24)21-26-7-3-6-23/h4-5,8,19,23H,3,6-7H2,1-2H3,(H,21,24). The first-order chi connectivity index (χ1) is 12.3. The van der Waals surface area contributed by atoms with Crippen molar-refractivity contribution in [3.05, 3.63) is 50.1 Å². The summed E-state index contributed by atoms with van der Waals surface area (Å²) in [6, 6.07) is 4.34. The molecular weight excluding hydrogens is 411 g/mol. The van der Waals surface area contributed by atoms with Crippen molar-refractivity contribution in [3.63, 3.8) is 0 Å². The molecule has 3 N–H and O–H groups in total. The number of halogens is 2. The average Bonchev–Trinajstić information content (AvgIpc) is 2.60. The Morgan fingerprint density at radius 1 is 1.46 bits per heavy atom. The van der Waals surface area contributed by atoms with Gasteiger partial charge in [-0.25, -0.2) is 14.6 Å². The number of anilines is 2. The van der Waals surface area contributed by atoms with E-state index in [1.54, 1.807) is 6.07 Å². The van der Waals surface area contributed by atoms with Gasteiger partial charge in [-0.15, -0.1) is 0 Å². The van der Waals surface area contributed by atoms with E-state index >= 15 is 0 Å². The molecule has 0 aliphatic heterocycles. The third-order valence-corrected chi connectivity index (χ3v) is 3.95. The monoisotopic (exact) mass is 428 g/mol. The van der Waals surface area contributed by atoms with E-state index in [9.17, 15) is 14.0 Å². The van der Waals surface area contributed by atoms with Crippen molar-refractivity contribution in [2.24, 2.45) is 7.05 Å². The highest BCUT2D eigenvalue weighted by Gasteiger charge is 2.20. The molecule has 0 atom stereocenters. The number of hydrogen-bond acceptors (Lipinski definition) is 6. The molecule has 0 aliphatic rings. The maximum Gasteiger partial charge on any atom is 0.297 e. The van der Waals surface area contributed by atoms with Crippen molar-refractivity contribution in [1.29, 1.82) is 0 Å². The lowest BCUT2D eigenvalue weighted by atomic mass is 10.2. The molecule has 0 aliphatic carbocycles. The Kier molecular flexibility index (Phi) is 6.83. The summed E-state index contributed by atoms with van der Waals surface area (Å²) < 4.78 is 15.7. The van der Waals surface area contributed by atoms with E-state index in [1.807, 2.05) is 0 Å². The van der Waals surface area contributed by atoms with E-state index in [0.29, 0.717) is 10.9 Å². The van der Waals surface area contributed by atoms with Crippen LogP contribution in [0.4, 0.5) is 15.8 Å². The van der Waals surface area contributed by atoms with Crippen LogP contribution in [0, 0.1) is 12.7 Å². The number of carbonyl (C=O) groups is 1. The minimum atomic E-state index is -0.707. The fraction of sp³-hybridized carbons (Fsp3) is 0.312. The van der Waals surface area contributed by atoms with Crippen LogP contribution in [0.2, 0.25) is 0 Å². The van der Waals surface area contributed by atoms with Gasteiger partial charge in [0.2, 0.25) is 0 Å². The highest BCUT2D eigenvalue weighted by atomic mass is 79.9. The number of benzene rings is 1. The molecule has 2 aromatic rings. The molecule has 0 unspecified atom stereocenters. The molecule has 0 radical (unpaired) electrons. The Labute approximate surface area is 157 Å². The van der Waals surface area contributed by atoms with Gasteiger partial charge < -0.3 is 10.4 Å². The van der Waals surface area contributed by atoms with Crippen LogP contribution < -0.4 is 16.4 Å². The highest BCUT2D eigenvalue weighted by molar-refractivity contribution is 9.10. The second kappa shape index (κ2) is 8.88. The minimum absolute atomic E-state index is 0.0806. The molecule has 10 heteroatoms. The summed E-state index contributed by atoms with van der Waals surface area (Å²) in [5, 5.41) is 15.4. The molecule has 2 rings (SSSR count). The number of hydroxylamine groups is 1. The first kappa shape index (κ1) is 20.0. The highest BCUT2D eigenvalue weighted by Crippen LogP contribution is 2.25. The second-order valence-electron chi connectivity index (χ2n) is 5.38. The molecule has 140 valence electrons. The topological polar surface area (TPSA) is 105 Å². The minimum Gasteiger partial charge on any atom is -0.396 e. The van der Waals surface area contributed by atoms with Gasteiger partial charge in [-0.2, -0.15) is 5.10 Å². The van der Waals surface area contributed by atoms with E-state index in [4.69, 9.17) is 9.94 Å². The van der Waals surface area contributed by atoms with E-state index in [-0.39, 0.29) is 35.8 Å². The smallest absolute Gasteiger partial charge is 0.297 e. The van der Waals surface area contributed by atoms with Gasteiger partial charge in [0.15, 0.2) is 5.69 Å². The number of aromatic nitrogens is 2. The fourth-order valence-electron chi connectivity index (χ4n) is 2.11. The van der Waals surface area contributed by atoms with Gasteiger partial charge in [-0.3, -0.25) is 14.4 Å². The summed E-state index contributed by atoms with van der Waals surface area (Å²) in [4.78, 5) is 29.5. The van der Waals surface area contributed by atoms with Crippen LogP contribution in [0.5, 0.6) is 0 Å². The maximum atomic E-state index is 14.1. The van der Waals surface area contributed by atoms with Crippen LogP contribution >= 0.6 is 15.9 Å². The van der Waals surface area contributed by atoms with Crippen LogP contribution in [0.1, 0.15) is 22.5 Å². The molecule has 8 nitrogen and oxygen atoms in total. The number of aliphatic hydroxyl groups excluding tert-OH is 1. The van der Waals surface area contributed by atoms with Crippen molar-refractivity contribution >= 4 is 33.2 Å². The summed E-state index contributed by atoms with van der Waals surface area (Å²) in [5.74, 6) is -1.27. The first-order valence-corrected chi connectivity index (χ1v) is 8.47. The number of nitrogens with one attached hydrogen (secondary N) is 2. The fourth-order valence-corrected chi connectivity index (χ4v) is 2.44. The maximum absolute atomic E-state index is 14.1. The van der Waals surface area contributed by atoms with Gasteiger partial charge in [0.05, 0.1) is 18.0 Å². The van der Waals surface area contributed by atoms with Crippen molar-refractivity contribution in [1.82, 2.24) is 15.3 Å². The third-order valence-electron chi connectivity index (χ3n) is 3.45. The van der Waals surface area contributed by atoms with Crippen LogP contribution in [0.25, 0.3) is 0 Å². The quantitative estimate of drug-likeness (QED) is 0.458. The van der Waals surface area contributed by atoms with Gasteiger partial charge in [0, 0.05) is 23.7 Å². The molecular formula is C16H18BrFN4O4. The van der Waals surface area contributed by atoms with Crippen LogP contribution in [0.3, 0.4) is 0 Å². The summed E-state index contributed by atoms with van der Waals surface area (Å²) in [7, 11) is 1.41. The number of hydrogen-bond donors (Lipinski definition) is 3. The third kappa shape index (κ3) is 4.65. The zero-order chi connectivity index (χ0) is 19.3. The van der Waals surface area contributed by atoms with Gasteiger partial charge in [0.25, 0.3) is 11.5 Å². The molecule has 0 spiro atoms. The zero-order valence-corrected chi connectivity index (χ0v) is 15.8. The largest absolute Gasteiger partial charge is 0.396 e. The number of amides is 1. The van der Waals surface area contributed by atoms with Crippen molar-refractivity contribution in [2.75, 3.05) is 18.5 Å². The Morgan fingerprint density at radius 2 is 2.19 bits per heavy atom. The van der Waals surface area contributed by atoms with Crippen LogP contribution in [0.15, 0.2) is 27.5 Å². The number of carbonyl (C=O) groups excluding carboxylic acids is 1. The Bertz CT molecular complexity index is 872. The second-order valence-corrected chi connectivity index (χ2v) is 6.30. The summed E-state index contributed by atoms with van der Waals surface area (Å²) in [5.41, 5.74) is 2.00. The SMILES string of the molecule is Cc1c(Nc2ccc(Br)cc2F)c(C(=O)NOCCCO)nn(C)c1=O.